The van der Waals surface area contributed by atoms with E-state index in [0.717, 1.165) is 19.4 Å². The minimum atomic E-state index is 0.0668. The molecule has 0 radical (unpaired) electrons. The highest BCUT2D eigenvalue weighted by Crippen LogP contribution is 2.27. The van der Waals surface area contributed by atoms with Gasteiger partial charge in [-0.15, -0.1) is 0 Å². The third kappa shape index (κ3) is 2.61. The lowest BCUT2D eigenvalue weighted by Gasteiger charge is -2.33. The number of halogens is 1. The van der Waals surface area contributed by atoms with E-state index in [1.54, 1.807) is 25.3 Å². The van der Waals surface area contributed by atoms with Crippen LogP contribution in [0.1, 0.15) is 36.5 Å². The molecule has 1 aliphatic heterocycles. The molecule has 98 valence electrons. The Morgan fingerprint density at radius 3 is 2.89 bits per heavy atom. The predicted molar refractivity (Wildman–Crippen MR) is 72.4 cm³/mol. The lowest BCUT2D eigenvalue weighted by Crippen LogP contribution is -2.42. The highest BCUT2D eigenvalue weighted by molar-refractivity contribution is 6.32. The molecule has 1 heterocycles. The summed E-state index contributed by atoms with van der Waals surface area (Å²) in [6.07, 6.45) is 3.37. The first kappa shape index (κ1) is 13.2. The molecule has 4 heteroatoms. The number of rotatable bonds is 2. The number of carbonyl (C=O) groups excluding carboxylic acids is 1. The number of hydrogen-bond donors (Lipinski definition) is 0. The fourth-order valence-electron chi connectivity index (χ4n) is 2.36. The summed E-state index contributed by atoms with van der Waals surface area (Å²) in [5.41, 5.74) is 0.644. The van der Waals surface area contributed by atoms with Gasteiger partial charge in [-0.1, -0.05) is 11.6 Å². The van der Waals surface area contributed by atoms with Crippen LogP contribution >= 0.6 is 11.6 Å². The molecule has 1 amide bonds. The van der Waals surface area contributed by atoms with E-state index in [4.69, 9.17) is 16.3 Å². The molecular weight excluding hydrogens is 250 g/mol. The number of piperidine rings is 1. The molecule has 0 aliphatic carbocycles. The average Bonchev–Trinajstić information content (AvgIpc) is 2.39. The van der Waals surface area contributed by atoms with Crippen molar-refractivity contribution in [2.45, 2.75) is 32.2 Å². The molecule has 0 spiro atoms. The van der Waals surface area contributed by atoms with Gasteiger partial charge >= 0.3 is 0 Å². The number of benzene rings is 1. The molecule has 1 aliphatic rings. The summed E-state index contributed by atoms with van der Waals surface area (Å²) < 4.78 is 5.15. The summed E-state index contributed by atoms with van der Waals surface area (Å²) in [7, 11) is 1.55. The Balaban J connectivity index is 2.22. The minimum absolute atomic E-state index is 0.0668. The maximum absolute atomic E-state index is 12.4. The summed E-state index contributed by atoms with van der Waals surface area (Å²) in [5, 5.41) is 0.528. The van der Waals surface area contributed by atoms with Gasteiger partial charge in [0, 0.05) is 18.2 Å². The lowest BCUT2D eigenvalue weighted by atomic mass is 10.0. The van der Waals surface area contributed by atoms with E-state index < -0.39 is 0 Å². The number of nitrogens with zero attached hydrogens (tertiary/aromatic N) is 1. The topological polar surface area (TPSA) is 29.5 Å². The number of methoxy groups -OCH3 is 1. The van der Waals surface area contributed by atoms with Crippen LogP contribution in [0.5, 0.6) is 5.75 Å². The summed E-state index contributed by atoms with van der Waals surface area (Å²) in [6.45, 7) is 2.94. The minimum Gasteiger partial charge on any atom is -0.495 e. The third-order valence-electron chi connectivity index (χ3n) is 3.46. The van der Waals surface area contributed by atoms with E-state index in [9.17, 15) is 4.79 Å². The fourth-order valence-corrected chi connectivity index (χ4v) is 2.55. The molecule has 1 aromatic rings. The van der Waals surface area contributed by atoms with E-state index in [0.29, 0.717) is 22.4 Å². The average molecular weight is 268 g/mol. The van der Waals surface area contributed by atoms with Crippen LogP contribution in [-0.4, -0.2) is 30.5 Å². The van der Waals surface area contributed by atoms with Gasteiger partial charge in [0.1, 0.15) is 5.75 Å². The molecule has 2 rings (SSSR count). The Hall–Kier alpha value is -1.22. The number of hydrogen-bond acceptors (Lipinski definition) is 2. The standard InChI is InChI=1S/C14H18ClNO2/c1-10-5-3-4-8-16(10)14(17)11-6-7-12(15)13(9-11)18-2/h6-7,9-10H,3-5,8H2,1-2H3. The van der Waals surface area contributed by atoms with Crippen LogP contribution in [0.4, 0.5) is 0 Å². The van der Waals surface area contributed by atoms with E-state index >= 15 is 0 Å². The molecule has 0 saturated carbocycles. The van der Waals surface area contributed by atoms with Gasteiger partial charge in [-0.2, -0.15) is 0 Å². The smallest absolute Gasteiger partial charge is 0.254 e. The van der Waals surface area contributed by atoms with Crippen molar-refractivity contribution in [3.63, 3.8) is 0 Å². The van der Waals surface area contributed by atoms with Crippen molar-refractivity contribution in [3.8, 4) is 5.75 Å². The molecule has 0 aromatic heterocycles. The number of carbonyl (C=O) groups is 1. The Kier molecular flexibility index (Phi) is 4.12. The fraction of sp³-hybridized carbons (Fsp3) is 0.500. The first-order chi connectivity index (χ1) is 8.63. The van der Waals surface area contributed by atoms with Crippen molar-refractivity contribution < 1.29 is 9.53 Å². The van der Waals surface area contributed by atoms with E-state index in [1.165, 1.54) is 6.42 Å². The number of amides is 1. The van der Waals surface area contributed by atoms with Crippen LogP contribution in [0.3, 0.4) is 0 Å². The second-order valence-corrected chi connectivity index (χ2v) is 5.10. The third-order valence-corrected chi connectivity index (χ3v) is 3.77. The summed E-state index contributed by atoms with van der Waals surface area (Å²) >= 11 is 5.97. The first-order valence-electron chi connectivity index (χ1n) is 6.28. The summed E-state index contributed by atoms with van der Waals surface area (Å²) in [6, 6.07) is 5.50. The SMILES string of the molecule is COc1cc(C(=O)N2CCCCC2C)ccc1Cl. The zero-order valence-corrected chi connectivity index (χ0v) is 11.5. The van der Waals surface area contributed by atoms with Gasteiger partial charge in [0.15, 0.2) is 0 Å². The molecule has 18 heavy (non-hydrogen) atoms. The van der Waals surface area contributed by atoms with Crippen LogP contribution in [0.25, 0.3) is 0 Å². The second-order valence-electron chi connectivity index (χ2n) is 4.69. The Morgan fingerprint density at radius 1 is 1.44 bits per heavy atom. The monoisotopic (exact) mass is 267 g/mol. The highest BCUT2D eigenvalue weighted by Gasteiger charge is 2.24. The Morgan fingerprint density at radius 2 is 2.22 bits per heavy atom. The quantitative estimate of drug-likeness (QED) is 0.822. The number of likely N-dealkylation sites (tertiary alicyclic amines) is 1. The van der Waals surface area contributed by atoms with E-state index in [2.05, 4.69) is 6.92 Å². The molecular formula is C14H18ClNO2. The van der Waals surface area contributed by atoms with Gasteiger partial charge < -0.3 is 9.64 Å². The first-order valence-corrected chi connectivity index (χ1v) is 6.66. The molecule has 1 unspecified atom stereocenters. The van der Waals surface area contributed by atoms with Gasteiger partial charge in [0.25, 0.3) is 5.91 Å². The molecule has 0 N–H and O–H groups in total. The van der Waals surface area contributed by atoms with Gasteiger partial charge in [-0.05, 0) is 44.4 Å². The van der Waals surface area contributed by atoms with Crippen LogP contribution in [-0.2, 0) is 0 Å². The lowest BCUT2D eigenvalue weighted by molar-refractivity contribution is 0.0635. The van der Waals surface area contributed by atoms with Crippen molar-refractivity contribution in [2.75, 3.05) is 13.7 Å². The summed E-state index contributed by atoms with van der Waals surface area (Å²) in [5.74, 6) is 0.615. The second kappa shape index (κ2) is 5.61. The molecule has 1 saturated heterocycles. The Labute approximate surface area is 113 Å². The maximum atomic E-state index is 12.4. The van der Waals surface area contributed by atoms with Gasteiger partial charge in [0.05, 0.1) is 12.1 Å². The van der Waals surface area contributed by atoms with Crippen molar-refractivity contribution >= 4 is 17.5 Å². The molecule has 1 aromatic carbocycles. The highest BCUT2D eigenvalue weighted by atomic mass is 35.5. The largest absolute Gasteiger partial charge is 0.495 e. The number of ether oxygens (including phenoxy) is 1. The van der Waals surface area contributed by atoms with E-state index in [-0.39, 0.29) is 5.91 Å². The zero-order valence-electron chi connectivity index (χ0n) is 10.8. The van der Waals surface area contributed by atoms with E-state index in [1.807, 2.05) is 4.90 Å². The molecule has 1 atom stereocenters. The predicted octanol–water partition coefficient (Wildman–Crippen LogP) is 3.36. The van der Waals surface area contributed by atoms with Crippen molar-refractivity contribution in [1.29, 1.82) is 0 Å². The van der Waals surface area contributed by atoms with Gasteiger partial charge in [0.2, 0.25) is 0 Å². The van der Waals surface area contributed by atoms with Gasteiger partial charge in [-0.3, -0.25) is 4.79 Å². The maximum Gasteiger partial charge on any atom is 0.254 e. The molecule has 3 nitrogen and oxygen atoms in total. The van der Waals surface area contributed by atoms with Crippen LogP contribution in [0.2, 0.25) is 5.02 Å². The van der Waals surface area contributed by atoms with Crippen molar-refractivity contribution in [3.05, 3.63) is 28.8 Å². The zero-order chi connectivity index (χ0) is 13.1. The normalized spacial score (nSPS) is 19.7. The van der Waals surface area contributed by atoms with Gasteiger partial charge in [-0.25, -0.2) is 0 Å². The van der Waals surface area contributed by atoms with Crippen LogP contribution in [0, 0.1) is 0 Å². The van der Waals surface area contributed by atoms with Crippen LogP contribution in [0.15, 0.2) is 18.2 Å². The van der Waals surface area contributed by atoms with Crippen LogP contribution < -0.4 is 4.74 Å². The van der Waals surface area contributed by atoms with Crippen molar-refractivity contribution in [1.82, 2.24) is 4.90 Å². The molecule has 0 bridgehead atoms. The molecule has 1 fully saturated rings. The Bertz CT molecular complexity index is 447. The van der Waals surface area contributed by atoms with Crippen molar-refractivity contribution in [2.24, 2.45) is 0 Å². The summed E-state index contributed by atoms with van der Waals surface area (Å²) in [4.78, 5) is 14.4.